The quantitative estimate of drug-likeness (QED) is 0.801. The summed E-state index contributed by atoms with van der Waals surface area (Å²) >= 11 is 12.2. The van der Waals surface area contributed by atoms with E-state index in [-0.39, 0.29) is 0 Å². The minimum atomic E-state index is -0.703. The molecule has 19 heavy (non-hydrogen) atoms. The molecule has 0 aliphatic heterocycles. The third kappa shape index (κ3) is 3.43. The first-order chi connectivity index (χ1) is 9.03. The lowest BCUT2D eigenvalue weighted by Gasteiger charge is -2.28. The Morgan fingerprint density at radius 3 is 2.37 bits per heavy atom. The Balaban J connectivity index is 2.29. The van der Waals surface area contributed by atoms with Crippen LogP contribution in [0.5, 0.6) is 0 Å². The van der Waals surface area contributed by atoms with Crippen molar-refractivity contribution in [2.24, 2.45) is 5.41 Å². The first kappa shape index (κ1) is 14.7. The Labute approximate surface area is 123 Å². The Hall–Kier alpha value is -0.730. The second-order valence-electron chi connectivity index (χ2n) is 5.41. The first-order valence-electron chi connectivity index (χ1n) is 6.71. The van der Waals surface area contributed by atoms with Crippen molar-refractivity contribution in [3.05, 3.63) is 33.8 Å². The molecule has 4 heteroatoms. The summed E-state index contributed by atoms with van der Waals surface area (Å²) in [5.74, 6) is -0.703. The van der Waals surface area contributed by atoms with Gasteiger partial charge in [-0.1, -0.05) is 48.9 Å². The number of carbonyl (C=O) groups is 1. The smallest absolute Gasteiger partial charge is 0.309 e. The second kappa shape index (κ2) is 6.15. The molecule has 1 aromatic carbocycles. The van der Waals surface area contributed by atoms with E-state index in [1.165, 1.54) is 0 Å². The van der Waals surface area contributed by atoms with Gasteiger partial charge in [-0.3, -0.25) is 4.79 Å². The van der Waals surface area contributed by atoms with Crippen LogP contribution >= 0.6 is 23.2 Å². The monoisotopic (exact) mass is 300 g/mol. The van der Waals surface area contributed by atoms with Gasteiger partial charge in [-0.15, -0.1) is 0 Å². The highest BCUT2D eigenvalue weighted by atomic mass is 35.5. The molecule has 0 heterocycles. The van der Waals surface area contributed by atoms with Crippen LogP contribution in [-0.2, 0) is 11.2 Å². The Morgan fingerprint density at radius 1 is 1.16 bits per heavy atom. The van der Waals surface area contributed by atoms with E-state index in [4.69, 9.17) is 23.2 Å². The van der Waals surface area contributed by atoms with E-state index in [0.717, 1.165) is 44.1 Å². The van der Waals surface area contributed by atoms with Crippen LogP contribution in [0.3, 0.4) is 0 Å². The van der Waals surface area contributed by atoms with Crippen molar-refractivity contribution in [2.45, 2.75) is 44.9 Å². The SMILES string of the molecule is O=C(O)C1(Cc2cc(Cl)ccc2Cl)CCCCCC1. The van der Waals surface area contributed by atoms with E-state index < -0.39 is 11.4 Å². The molecule has 1 aromatic rings. The van der Waals surface area contributed by atoms with E-state index >= 15 is 0 Å². The van der Waals surface area contributed by atoms with E-state index in [0.29, 0.717) is 16.5 Å². The summed E-state index contributed by atoms with van der Waals surface area (Å²) in [6, 6.07) is 5.26. The van der Waals surface area contributed by atoms with Crippen LogP contribution < -0.4 is 0 Å². The van der Waals surface area contributed by atoms with Crippen LogP contribution in [0.15, 0.2) is 18.2 Å². The zero-order chi connectivity index (χ0) is 13.9. The van der Waals surface area contributed by atoms with Crippen LogP contribution in [0.2, 0.25) is 10.0 Å². The van der Waals surface area contributed by atoms with Gasteiger partial charge in [0.1, 0.15) is 0 Å². The molecule has 2 nitrogen and oxygen atoms in total. The Morgan fingerprint density at radius 2 is 1.79 bits per heavy atom. The highest BCUT2D eigenvalue weighted by Gasteiger charge is 2.39. The topological polar surface area (TPSA) is 37.3 Å². The van der Waals surface area contributed by atoms with Crippen LogP contribution in [0, 0.1) is 5.41 Å². The number of carboxylic acids is 1. The lowest BCUT2D eigenvalue weighted by molar-refractivity contribution is -0.149. The molecule has 104 valence electrons. The lowest BCUT2D eigenvalue weighted by atomic mass is 9.75. The third-order valence-corrected chi connectivity index (χ3v) is 4.65. The predicted molar refractivity (Wildman–Crippen MR) is 77.9 cm³/mol. The van der Waals surface area contributed by atoms with Crippen molar-refractivity contribution in [1.29, 1.82) is 0 Å². The maximum absolute atomic E-state index is 11.8. The van der Waals surface area contributed by atoms with Crippen LogP contribution in [-0.4, -0.2) is 11.1 Å². The molecule has 0 saturated heterocycles. The summed E-state index contributed by atoms with van der Waals surface area (Å²) in [6.45, 7) is 0. The van der Waals surface area contributed by atoms with Gasteiger partial charge in [-0.25, -0.2) is 0 Å². The molecular weight excluding hydrogens is 283 g/mol. The van der Waals surface area contributed by atoms with Gasteiger partial charge >= 0.3 is 5.97 Å². The zero-order valence-corrected chi connectivity index (χ0v) is 12.3. The van der Waals surface area contributed by atoms with Crippen molar-refractivity contribution in [3.8, 4) is 0 Å². The number of rotatable bonds is 3. The number of halogens is 2. The van der Waals surface area contributed by atoms with Crippen molar-refractivity contribution in [2.75, 3.05) is 0 Å². The van der Waals surface area contributed by atoms with Gasteiger partial charge in [0, 0.05) is 10.0 Å². The largest absolute Gasteiger partial charge is 0.481 e. The van der Waals surface area contributed by atoms with Crippen LogP contribution in [0.1, 0.15) is 44.1 Å². The fourth-order valence-corrected chi connectivity index (χ4v) is 3.29. The molecule has 1 fully saturated rings. The predicted octanol–water partition coefficient (Wildman–Crippen LogP) is 4.96. The van der Waals surface area contributed by atoms with Gasteiger partial charge in [-0.05, 0) is 43.0 Å². The van der Waals surface area contributed by atoms with E-state index in [1.54, 1.807) is 18.2 Å². The summed E-state index contributed by atoms with van der Waals surface area (Å²) < 4.78 is 0. The maximum atomic E-state index is 11.8. The van der Waals surface area contributed by atoms with E-state index in [1.807, 2.05) is 0 Å². The lowest BCUT2D eigenvalue weighted by Crippen LogP contribution is -2.33. The van der Waals surface area contributed by atoms with Gasteiger partial charge in [0.15, 0.2) is 0 Å². The summed E-state index contributed by atoms with van der Waals surface area (Å²) in [6.07, 6.45) is 6.13. The molecule has 1 aliphatic rings. The number of hydrogen-bond donors (Lipinski definition) is 1. The van der Waals surface area contributed by atoms with Gasteiger partial charge < -0.3 is 5.11 Å². The molecule has 1 aliphatic carbocycles. The molecule has 0 amide bonds. The molecule has 0 aromatic heterocycles. The van der Waals surface area contributed by atoms with Crippen LogP contribution in [0.25, 0.3) is 0 Å². The van der Waals surface area contributed by atoms with Gasteiger partial charge in [0.2, 0.25) is 0 Å². The standard InChI is InChI=1S/C15H18Cl2O2/c16-12-5-6-13(17)11(9-12)10-15(14(18)19)7-3-1-2-4-8-15/h5-6,9H,1-4,7-8,10H2,(H,18,19). The second-order valence-corrected chi connectivity index (χ2v) is 6.26. The molecule has 0 bridgehead atoms. The van der Waals surface area contributed by atoms with Gasteiger partial charge in [0.25, 0.3) is 0 Å². The summed E-state index contributed by atoms with van der Waals surface area (Å²) in [4.78, 5) is 11.8. The molecule has 0 spiro atoms. The van der Waals surface area contributed by atoms with E-state index in [9.17, 15) is 9.90 Å². The fourth-order valence-electron chi connectivity index (χ4n) is 2.91. The minimum absolute atomic E-state index is 0.474. The number of hydrogen-bond acceptors (Lipinski definition) is 1. The molecule has 0 radical (unpaired) electrons. The van der Waals surface area contributed by atoms with Crippen molar-refractivity contribution in [1.82, 2.24) is 0 Å². The Kier molecular flexibility index (Phi) is 4.75. The normalized spacial score (nSPS) is 18.8. The van der Waals surface area contributed by atoms with E-state index in [2.05, 4.69) is 0 Å². The number of benzene rings is 1. The first-order valence-corrected chi connectivity index (χ1v) is 7.46. The summed E-state index contributed by atoms with van der Waals surface area (Å²) in [5, 5.41) is 10.9. The highest BCUT2D eigenvalue weighted by Crippen LogP contribution is 2.40. The third-order valence-electron chi connectivity index (χ3n) is 4.05. The molecule has 0 atom stereocenters. The number of carboxylic acid groups (broad SMARTS) is 1. The fraction of sp³-hybridized carbons (Fsp3) is 0.533. The molecular formula is C15H18Cl2O2. The summed E-state index contributed by atoms with van der Waals surface area (Å²) in [5.41, 5.74) is 0.170. The van der Waals surface area contributed by atoms with Crippen molar-refractivity contribution >= 4 is 29.2 Å². The van der Waals surface area contributed by atoms with Crippen molar-refractivity contribution in [3.63, 3.8) is 0 Å². The Bertz CT molecular complexity index is 463. The van der Waals surface area contributed by atoms with Crippen molar-refractivity contribution < 1.29 is 9.90 Å². The van der Waals surface area contributed by atoms with Gasteiger partial charge in [-0.2, -0.15) is 0 Å². The molecule has 2 rings (SSSR count). The average Bonchev–Trinajstić information content (AvgIpc) is 2.60. The minimum Gasteiger partial charge on any atom is -0.481 e. The zero-order valence-electron chi connectivity index (χ0n) is 10.8. The average molecular weight is 301 g/mol. The van der Waals surface area contributed by atoms with Gasteiger partial charge in [0.05, 0.1) is 5.41 Å². The van der Waals surface area contributed by atoms with Crippen LogP contribution in [0.4, 0.5) is 0 Å². The molecule has 1 N–H and O–H groups in total. The summed E-state index contributed by atoms with van der Waals surface area (Å²) in [7, 11) is 0. The molecule has 1 saturated carbocycles. The molecule has 0 unspecified atom stereocenters. The highest BCUT2D eigenvalue weighted by molar-refractivity contribution is 6.33. The maximum Gasteiger partial charge on any atom is 0.309 e. The number of aliphatic carboxylic acids is 1.